The fraction of sp³-hybridized carbons (Fsp3) is 0.364. The Morgan fingerprint density at radius 1 is 1.00 bits per heavy atom. The molecule has 0 bridgehead atoms. The van der Waals surface area contributed by atoms with Crippen molar-refractivity contribution in [3.05, 3.63) is 71.0 Å². The summed E-state index contributed by atoms with van der Waals surface area (Å²) in [5.74, 6) is -0.376. The minimum atomic E-state index is -0.352. The molecule has 1 aliphatic rings. The van der Waals surface area contributed by atoms with Crippen molar-refractivity contribution in [2.24, 2.45) is 0 Å². The van der Waals surface area contributed by atoms with Crippen molar-refractivity contribution >= 4 is 11.8 Å². The third kappa shape index (κ3) is 4.95. The van der Waals surface area contributed by atoms with E-state index in [2.05, 4.69) is 4.90 Å². The van der Waals surface area contributed by atoms with E-state index in [0.29, 0.717) is 44.8 Å². The molecule has 0 radical (unpaired) electrons. The highest BCUT2D eigenvalue weighted by molar-refractivity contribution is 5.94. The lowest BCUT2D eigenvalue weighted by atomic mass is 10.1. The van der Waals surface area contributed by atoms with E-state index in [1.165, 1.54) is 29.8 Å². The lowest BCUT2D eigenvalue weighted by molar-refractivity contribution is -0.132. The van der Waals surface area contributed by atoms with E-state index in [1.807, 2.05) is 38.2 Å². The molecule has 6 heteroatoms. The molecule has 1 aliphatic heterocycles. The summed E-state index contributed by atoms with van der Waals surface area (Å²) in [6.45, 7) is 5.41. The van der Waals surface area contributed by atoms with Crippen LogP contribution < -0.4 is 0 Å². The number of likely N-dealkylation sites (N-methyl/N-ethyl adjacent to an activating group) is 1. The van der Waals surface area contributed by atoms with Crippen LogP contribution in [0.1, 0.15) is 21.5 Å². The van der Waals surface area contributed by atoms with E-state index in [4.69, 9.17) is 0 Å². The van der Waals surface area contributed by atoms with Gasteiger partial charge in [-0.1, -0.05) is 24.3 Å². The Labute approximate surface area is 165 Å². The van der Waals surface area contributed by atoms with Gasteiger partial charge in [-0.3, -0.25) is 14.5 Å². The van der Waals surface area contributed by atoms with E-state index in [9.17, 15) is 14.0 Å². The monoisotopic (exact) mass is 383 g/mol. The Morgan fingerprint density at radius 2 is 1.64 bits per heavy atom. The van der Waals surface area contributed by atoms with Gasteiger partial charge < -0.3 is 9.80 Å². The van der Waals surface area contributed by atoms with Crippen LogP contribution in [0.3, 0.4) is 0 Å². The van der Waals surface area contributed by atoms with Crippen LogP contribution in [-0.2, 0) is 11.3 Å². The molecule has 1 heterocycles. The van der Waals surface area contributed by atoms with Gasteiger partial charge in [0.15, 0.2) is 0 Å². The second kappa shape index (κ2) is 8.97. The van der Waals surface area contributed by atoms with E-state index in [-0.39, 0.29) is 17.6 Å². The molecule has 5 nitrogen and oxygen atoms in total. The van der Waals surface area contributed by atoms with Crippen molar-refractivity contribution in [1.29, 1.82) is 0 Å². The number of nitrogens with zero attached hydrogens (tertiary/aromatic N) is 3. The summed E-state index contributed by atoms with van der Waals surface area (Å²) in [6.07, 6.45) is 0. The zero-order valence-electron chi connectivity index (χ0n) is 16.4. The number of amides is 2. The van der Waals surface area contributed by atoms with E-state index in [0.717, 1.165) is 5.56 Å². The summed E-state index contributed by atoms with van der Waals surface area (Å²) in [5, 5.41) is 0. The maximum Gasteiger partial charge on any atom is 0.253 e. The van der Waals surface area contributed by atoms with Crippen molar-refractivity contribution in [2.75, 3.05) is 39.8 Å². The predicted molar refractivity (Wildman–Crippen MR) is 106 cm³/mol. The summed E-state index contributed by atoms with van der Waals surface area (Å²) in [6, 6.07) is 13.7. The second-order valence-electron chi connectivity index (χ2n) is 7.25. The van der Waals surface area contributed by atoms with Crippen LogP contribution >= 0.6 is 0 Å². The molecule has 148 valence electrons. The quantitative estimate of drug-likeness (QED) is 0.797. The average Bonchev–Trinajstić information content (AvgIpc) is 2.70. The topological polar surface area (TPSA) is 43.9 Å². The van der Waals surface area contributed by atoms with Gasteiger partial charge in [0.2, 0.25) is 5.91 Å². The van der Waals surface area contributed by atoms with Crippen LogP contribution in [0.25, 0.3) is 0 Å². The van der Waals surface area contributed by atoms with Crippen LogP contribution in [0.5, 0.6) is 0 Å². The molecule has 0 aliphatic carbocycles. The van der Waals surface area contributed by atoms with E-state index < -0.39 is 0 Å². The molecule has 28 heavy (non-hydrogen) atoms. The van der Waals surface area contributed by atoms with E-state index >= 15 is 0 Å². The molecule has 0 atom stereocenters. The number of hydrogen-bond donors (Lipinski definition) is 0. The molecular weight excluding hydrogens is 357 g/mol. The van der Waals surface area contributed by atoms with Crippen LogP contribution in [0, 0.1) is 12.7 Å². The number of rotatable bonds is 5. The minimum absolute atomic E-state index is 0.0709. The number of hydrogen-bond acceptors (Lipinski definition) is 3. The van der Waals surface area contributed by atoms with Gasteiger partial charge in [0.05, 0.1) is 6.54 Å². The highest BCUT2D eigenvalue weighted by atomic mass is 19.1. The van der Waals surface area contributed by atoms with Gasteiger partial charge in [0.25, 0.3) is 5.91 Å². The van der Waals surface area contributed by atoms with Crippen LogP contribution in [-0.4, -0.2) is 66.3 Å². The third-order valence-electron chi connectivity index (χ3n) is 5.20. The van der Waals surface area contributed by atoms with Gasteiger partial charge in [-0.2, -0.15) is 0 Å². The number of halogens is 1. The fourth-order valence-corrected chi connectivity index (χ4v) is 3.33. The van der Waals surface area contributed by atoms with Crippen LogP contribution in [0.2, 0.25) is 0 Å². The average molecular weight is 383 g/mol. The summed E-state index contributed by atoms with van der Waals surface area (Å²) in [7, 11) is 1.82. The first-order chi connectivity index (χ1) is 13.4. The number of aryl methyl sites for hydroxylation is 1. The normalized spacial score (nSPS) is 14.8. The van der Waals surface area contributed by atoms with Gasteiger partial charge in [-0.15, -0.1) is 0 Å². The van der Waals surface area contributed by atoms with Crippen molar-refractivity contribution in [3.63, 3.8) is 0 Å². The second-order valence-corrected chi connectivity index (χ2v) is 7.25. The Hall–Kier alpha value is -2.73. The molecular formula is C22H26FN3O2. The molecule has 2 amide bonds. The summed E-state index contributed by atoms with van der Waals surface area (Å²) < 4.78 is 13.0. The van der Waals surface area contributed by atoms with Gasteiger partial charge in [-0.25, -0.2) is 4.39 Å². The number of carbonyl (C=O) groups is 2. The number of piperazine rings is 1. The van der Waals surface area contributed by atoms with Crippen molar-refractivity contribution < 1.29 is 14.0 Å². The largest absolute Gasteiger partial charge is 0.340 e. The zero-order valence-corrected chi connectivity index (χ0v) is 16.4. The summed E-state index contributed by atoms with van der Waals surface area (Å²) in [4.78, 5) is 30.6. The molecule has 0 aromatic heterocycles. The minimum Gasteiger partial charge on any atom is -0.340 e. The molecule has 0 saturated carbocycles. The van der Waals surface area contributed by atoms with E-state index in [1.54, 1.807) is 9.80 Å². The first kappa shape index (κ1) is 20.0. The van der Waals surface area contributed by atoms with Gasteiger partial charge in [-0.05, 0) is 42.3 Å². The molecule has 0 spiro atoms. The SMILES string of the molecule is Cc1ccccc1CN(C)C(=O)CN1CCN(C(=O)c2ccc(F)cc2)CC1. The predicted octanol–water partition coefficient (Wildman–Crippen LogP) is 2.55. The first-order valence-corrected chi connectivity index (χ1v) is 9.49. The Bertz CT molecular complexity index is 830. The summed E-state index contributed by atoms with van der Waals surface area (Å²) >= 11 is 0. The maximum atomic E-state index is 13.0. The smallest absolute Gasteiger partial charge is 0.253 e. The van der Waals surface area contributed by atoms with Gasteiger partial charge in [0.1, 0.15) is 5.82 Å². The van der Waals surface area contributed by atoms with Crippen molar-refractivity contribution in [2.45, 2.75) is 13.5 Å². The molecule has 1 fully saturated rings. The molecule has 3 rings (SSSR count). The molecule has 2 aromatic rings. The van der Waals surface area contributed by atoms with Crippen LogP contribution in [0.15, 0.2) is 48.5 Å². The van der Waals surface area contributed by atoms with Crippen LogP contribution in [0.4, 0.5) is 4.39 Å². The Kier molecular flexibility index (Phi) is 6.41. The number of carbonyl (C=O) groups excluding carboxylic acids is 2. The van der Waals surface area contributed by atoms with Gasteiger partial charge >= 0.3 is 0 Å². The fourth-order valence-electron chi connectivity index (χ4n) is 3.33. The highest BCUT2D eigenvalue weighted by Gasteiger charge is 2.24. The standard InChI is InChI=1S/C22H26FN3O2/c1-17-5-3-4-6-19(17)15-24(2)21(27)16-25-11-13-26(14-12-25)22(28)18-7-9-20(23)10-8-18/h3-10H,11-16H2,1-2H3. The number of benzene rings is 2. The van der Waals surface area contributed by atoms with Gasteiger partial charge in [0, 0.05) is 45.3 Å². The van der Waals surface area contributed by atoms with Crippen molar-refractivity contribution in [1.82, 2.24) is 14.7 Å². The molecule has 0 N–H and O–H groups in total. The lowest BCUT2D eigenvalue weighted by Gasteiger charge is -2.35. The third-order valence-corrected chi connectivity index (χ3v) is 5.20. The zero-order chi connectivity index (χ0) is 20.1. The molecule has 0 unspecified atom stereocenters. The maximum absolute atomic E-state index is 13.0. The first-order valence-electron chi connectivity index (χ1n) is 9.49. The summed E-state index contributed by atoms with van der Waals surface area (Å²) in [5.41, 5.74) is 2.81. The Balaban J connectivity index is 1.48. The molecule has 2 aromatic carbocycles. The lowest BCUT2D eigenvalue weighted by Crippen LogP contribution is -2.51. The molecule has 1 saturated heterocycles. The van der Waals surface area contributed by atoms with Crippen molar-refractivity contribution in [3.8, 4) is 0 Å². The highest BCUT2D eigenvalue weighted by Crippen LogP contribution is 2.12. The Morgan fingerprint density at radius 3 is 2.29 bits per heavy atom.